The SMILES string of the molecule is CC1(C)CN(Cc2cn[nH]c2-c2cccnc2)[C@@H]2COC[C@H]2O1. The first-order chi connectivity index (χ1) is 11.1. The van der Waals surface area contributed by atoms with Gasteiger partial charge in [-0.05, 0) is 26.0 Å². The number of nitrogens with zero attached hydrogens (tertiary/aromatic N) is 3. The summed E-state index contributed by atoms with van der Waals surface area (Å²) in [5, 5.41) is 7.36. The number of H-pyrrole nitrogens is 1. The molecule has 0 aliphatic carbocycles. The van der Waals surface area contributed by atoms with E-state index in [9.17, 15) is 0 Å². The topological polar surface area (TPSA) is 63.3 Å². The lowest BCUT2D eigenvalue weighted by atomic mass is 9.99. The second-order valence-corrected chi connectivity index (χ2v) is 6.94. The second kappa shape index (κ2) is 5.70. The number of aromatic amines is 1. The van der Waals surface area contributed by atoms with Crippen LogP contribution < -0.4 is 0 Å². The van der Waals surface area contributed by atoms with E-state index in [1.54, 1.807) is 6.20 Å². The van der Waals surface area contributed by atoms with E-state index in [-0.39, 0.29) is 11.7 Å². The zero-order valence-electron chi connectivity index (χ0n) is 13.5. The van der Waals surface area contributed by atoms with Gasteiger partial charge in [-0.25, -0.2) is 0 Å². The van der Waals surface area contributed by atoms with Crippen molar-refractivity contribution in [1.29, 1.82) is 0 Å². The highest BCUT2D eigenvalue weighted by Gasteiger charge is 2.44. The lowest BCUT2D eigenvalue weighted by molar-refractivity contribution is -0.151. The maximum atomic E-state index is 6.16. The minimum atomic E-state index is -0.160. The summed E-state index contributed by atoms with van der Waals surface area (Å²) in [5.41, 5.74) is 3.12. The predicted octanol–water partition coefficient (Wildman–Crippen LogP) is 1.85. The first-order valence-corrected chi connectivity index (χ1v) is 8.05. The molecule has 2 saturated heterocycles. The molecular formula is C17H22N4O2. The van der Waals surface area contributed by atoms with Crippen LogP contribution in [0.5, 0.6) is 0 Å². The molecule has 0 bridgehead atoms. The first-order valence-electron chi connectivity index (χ1n) is 8.05. The molecule has 4 heterocycles. The summed E-state index contributed by atoms with van der Waals surface area (Å²) in [4.78, 5) is 6.67. The molecule has 6 nitrogen and oxygen atoms in total. The molecule has 2 fully saturated rings. The van der Waals surface area contributed by atoms with Crippen molar-refractivity contribution in [3.05, 3.63) is 36.3 Å². The van der Waals surface area contributed by atoms with Crippen molar-refractivity contribution in [2.45, 2.75) is 38.1 Å². The minimum absolute atomic E-state index is 0.160. The van der Waals surface area contributed by atoms with E-state index in [2.05, 4.69) is 40.0 Å². The van der Waals surface area contributed by atoms with Gasteiger partial charge in [-0.3, -0.25) is 15.0 Å². The van der Waals surface area contributed by atoms with Gasteiger partial charge in [-0.2, -0.15) is 5.10 Å². The third-order valence-electron chi connectivity index (χ3n) is 4.56. The van der Waals surface area contributed by atoms with Gasteiger partial charge in [0.25, 0.3) is 0 Å². The highest BCUT2D eigenvalue weighted by Crippen LogP contribution is 2.32. The average Bonchev–Trinajstić information content (AvgIpc) is 3.16. The van der Waals surface area contributed by atoms with Crippen LogP contribution in [0.25, 0.3) is 11.3 Å². The van der Waals surface area contributed by atoms with Gasteiger partial charge in [0.2, 0.25) is 0 Å². The maximum Gasteiger partial charge on any atom is 0.0993 e. The Hall–Kier alpha value is -1.76. The lowest BCUT2D eigenvalue weighted by Gasteiger charge is -2.45. The Morgan fingerprint density at radius 1 is 1.35 bits per heavy atom. The third kappa shape index (κ3) is 2.89. The molecule has 0 amide bonds. The van der Waals surface area contributed by atoms with Gasteiger partial charge in [-0.1, -0.05) is 0 Å². The van der Waals surface area contributed by atoms with E-state index in [4.69, 9.17) is 9.47 Å². The fourth-order valence-electron chi connectivity index (χ4n) is 3.61. The Morgan fingerprint density at radius 2 is 2.26 bits per heavy atom. The Bertz CT molecular complexity index is 670. The second-order valence-electron chi connectivity index (χ2n) is 6.94. The number of hydrogen-bond acceptors (Lipinski definition) is 5. The van der Waals surface area contributed by atoms with Crippen molar-refractivity contribution in [1.82, 2.24) is 20.1 Å². The van der Waals surface area contributed by atoms with Crippen LogP contribution in [0.4, 0.5) is 0 Å². The van der Waals surface area contributed by atoms with Gasteiger partial charge < -0.3 is 9.47 Å². The van der Waals surface area contributed by atoms with Gasteiger partial charge in [0.1, 0.15) is 0 Å². The molecule has 0 unspecified atom stereocenters. The van der Waals surface area contributed by atoms with Crippen molar-refractivity contribution in [3.8, 4) is 11.3 Å². The van der Waals surface area contributed by atoms with Crippen molar-refractivity contribution in [2.75, 3.05) is 19.8 Å². The maximum absolute atomic E-state index is 6.16. The fourth-order valence-corrected chi connectivity index (χ4v) is 3.61. The number of pyridine rings is 1. The molecular weight excluding hydrogens is 292 g/mol. The third-order valence-corrected chi connectivity index (χ3v) is 4.56. The zero-order chi connectivity index (χ0) is 15.9. The predicted molar refractivity (Wildman–Crippen MR) is 85.8 cm³/mol. The zero-order valence-corrected chi connectivity index (χ0v) is 13.5. The molecule has 1 N–H and O–H groups in total. The van der Waals surface area contributed by atoms with Crippen LogP contribution >= 0.6 is 0 Å². The van der Waals surface area contributed by atoms with Gasteiger partial charge in [0.05, 0.1) is 42.9 Å². The number of aromatic nitrogens is 3. The summed E-state index contributed by atoms with van der Waals surface area (Å²) < 4.78 is 11.8. The lowest BCUT2D eigenvalue weighted by Crippen LogP contribution is -2.57. The molecule has 4 rings (SSSR count). The molecule has 0 radical (unpaired) electrons. The summed E-state index contributed by atoms with van der Waals surface area (Å²) in [7, 11) is 0. The molecule has 2 aromatic rings. The average molecular weight is 314 g/mol. The van der Waals surface area contributed by atoms with Crippen molar-refractivity contribution in [2.24, 2.45) is 0 Å². The van der Waals surface area contributed by atoms with Gasteiger partial charge >= 0.3 is 0 Å². The molecule has 23 heavy (non-hydrogen) atoms. The summed E-state index contributed by atoms with van der Waals surface area (Å²) in [5.74, 6) is 0. The summed E-state index contributed by atoms with van der Waals surface area (Å²) in [6.07, 6.45) is 5.72. The van der Waals surface area contributed by atoms with Gasteiger partial charge in [0, 0.05) is 36.6 Å². The molecule has 0 aromatic carbocycles. The number of hydrogen-bond donors (Lipinski definition) is 1. The summed E-state index contributed by atoms with van der Waals surface area (Å²) in [6.45, 7) is 7.43. The van der Waals surface area contributed by atoms with E-state index in [0.29, 0.717) is 12.6 Å². The first kappa shape index (κ1) is 14.8. The van der Waals surface area contributed by atoms with Crippen LogP contribution in [0.15, 0.2) is 30.7 Å². The fraction of sp³-hybridized carbons (Fsp3) is 0.529. The minimum Gasteiger partial charge on any atom is -0.377 e. The number of ether oxygens (including phenoxy) is 2. The molecule has 0 saturated carbocycles. The highest BCUT2D eigenvalue weighted by atomic mass is 16.6. The van der Waals surface area contributed by atoms with Crippen molar-refractivity contribution < 1.29 is 9.47 Å². The number of morpholine rings is 1. The number of rotatable bonds is 3. The van der Waals surface area contributed by atoms with E-state index in [1.807, 2.05) is 18.5 Å². The Morgan fingerprint density at radius 3 is 3.09 bits per heavy atom. The quantitative estimate of drug-likeness (QED) is 0.937. The number of nitrogens with one attached hydrogen (secondary N) is 1. The van der Waals surface area contributed by atoms with Crippen LogP contribution in [-0.4, -0.2) is 57.6 Å². The van der Waals surface area contributed by atoms with Crippen molar-refractivity contribution in [3.63, 3.8) is 0 Å². The molecule has 2 atom stereocenters. The molecule has 122 valence electrons. The standard InChI is InChI=1S/C17H22N4O2/c1-17(2)11-21(14-9-22-10-15(14)23-17)8-13-7-19-20-16(13)12-4-3-5-18-6-12/h3-7,14-15H,8-11H2,1-2H3,(H,19,20)/t14-,15-/m1/s1. The van der Waals surface area contributed by atoms with Crippen molar-refractivity contribution >= 4 is 0 Å². The Balaban J connectivity index is 1.59. The molecule has 2 aliphatic rings. The smallest absolute Gasteiger partial charge is 0.0993 e. The molecule has 2 aromatic heterocycles. The van der Waals surface area contributed by atoms with Crippen LogP contribution in [0.1, 0.15) is 19.4 Å². The van der Waals surface area contributed by atoms with Crippen LogP contribution in [-0.2, 0) is 16.0 Å². The monoisotopic (exact) mass is 314 g/mol. The van der Waals surface area contributed by atoms with E-state index < -0.39 is 0 Å². The van der Waals surface area contributed by atoms with Crippen LogP contribution in [0.2, 0.25) is 0 Å². The summed E-state index contributed by atoms with van der Waals surface area (Å²) in [6, 6.07) is 4.31. The van der Waals surface area contributed by atoms with Crippen LogP contribution in [0.3, 0.4) is 0 Å². The Kier molecular flexibility index (Phi) is 3.67. The van der Waals surface area contributed by atoms with Crippen LogP contribution in [0, 0.1) is 0 Å². The summed E-state index contributed by atoms with van der Waals surface area (Å²) >= 11 is 0. The highest BCUT2D eigenvalue weighted by molar-refractivity contribution is 5.61. The van der Waals surface area contributed by atoms with E-state index in [0.717, 1.165) is 31.0 Å². The Labute approximate surface area is 135 Å². The molecule has 6 heteroatoms. The van der Waals surface area contributed by atoms with E-state index in [1.165, 1.54) is 5.56 Å². The van der Waals surface area contributed by atoms with E-state index >= 15 is 0 Å². The van der Waals surface area contributed by atoms with Gasteiger partial charge in [-0.15, -0.1) is 0 Å². The molecule has 2 aliphatic heterocycles. The molecule has 0 spiro atoms. The normalized spacial score (nSPS) is 27.0. The largest absolute Gasteiger partial charge is 0.377 e. The van der Waals surface area contributed by atoms with Gasteiger partial charge in [0.15, 0.2) is 0 Å². The number of fused-ring (bicyclic) bond motifs is 1.